The number of benzene rings is 15. The van der Waals surface area contributed by atoms with Crippen molar-refractivity contribution in [3.8, 4) is 78.4 Å². The van der Waals surface area contributed by atoms with E-state index < -0.39 is 7.14 Å². The van der Waals surface area contributed by atoms with Crippen LogP contribution >= 0.6 is 7.14 Å². The molecular formula is C108H68N7O4P. The molecule has 564 valence electrons. The van der Waals surface area contributed by atoms with Crippen LogP contribution in [0.15, 0.2) is 426 Å². The van der Waals surface area contributed by atoms with Crippen molar-refractivity contribution in [3.05, 3.63) is 413 Å². The topological polar surface area (TPSA) is 121 Å². The van der Waals surface area contributed by atoms with Gasteiger partial charge in [0.25, 0.3) is 0 Å². The van der Waals surface area contributed by atoms with Gasteiger partial charge in [0.1, 0.15) is 0 Å². The first-order chi connectivity index (χ1) is 59.4. The lowest BCUT2D eigenvalue weighted by molar-refractivity contribution is 0.592. The van der Waals surface area contributed by atoms with E-state index in [1.54, 1.807) is 0 Å². The maximum absolute atomic E-state index is 14.7. The molecule has 0 aliphatic carbocycles. The third kappa shape index (κ3) is 11.6. The van der Waals surface area contributed by atoms with Crippen molar-refractivity contribution < 1.29 is 17.8 Å². The Morgan fingerprint density at radius 1 is 0.208 bits per heavy atom. The third-order valence-corrected chi connectivity index (χ3v) is 26.4. The van der Waals surface area contributed by atoms with Crippen molar-refractivity contribution >= 4 is 150 Å². The van der Waals surface area contributed by atoms with Crippen molar-refractivity contribution in [1.29, 1.82) is 0 Å². The molecule has 0 aliphatic heterocycles. The second-order valence-corrected chi connectivity index (χ2v) is 33.0. The lowest BCUT2D eigenvalue weighted by atomic mass is 10.00. The molecule has 12 heteroatoms. The highest BCUT2D eigenvalue weighted by Gasteiger charge is 2.31. The highest BCUT2D eigenvalue weighted by atomic mass is 31.2. The lowest BCUT2D eigenvalue weighted by Gasteiger charge is -2.20. The Labute approximate surface area is 687 Å². The fraction of sp³-hybridized carbons (Fsp3) is 0. The van der Waals surface area contributed by atoms with E-state index in [2.05, 4.69) is 274 Å². The molecule has 120 heavy (non-hydrogen) atoms. The average molecular weight is 1560 g/mol. The Morgan fingerprint density at radius 3 is 0.842 bits per heavy atom. The van der Waals surface area contributed by atoms with E-state index in [1.807, 2.05) is 152 Å². The first kappa shape index (κ1) is 69.7. The molecule has 0 bridgehead atoms. The molecule has 0 saturated carbocycles. The molecule has 10 heterocycles. The maximum Gasteiger partial charge on any atom is 0.213 e. The fourth-order valence-corrected chi connectivity index (χ4v) is 20.2. The molecule has 0 saturated heterocycles. The molecule has 10 aromatic heterocycles. The van der Waals surface area contributed by atoms with E-state index in [0.717, 1.165) is 216 Å². The molecule has 11 nitrogen and oxygen atoms in total. The predicted octanol–water partition coefficient (Wildman–Crippen LogP) is 27.0. The van der Waals surface area contributed by atoms with Crippen LogP contribution in [-0.2, 0) is 4.57 Å². The first-order valence-corrected chi connectivity index (χ1v) is 41.9. The summed E-state index contributed by atoms with van der Waals surface area (Å²) in [6, 6.07) is 141. The fourth-order valence-electron chi connectivity index (χ4n) is 17.6. The quantitative estimate of drug-likeness (QED) is 0.0980. The SMILES string of the molecule is O=P(c1ccccc1)(c1ccccc1)c1ccc(-c2c3ccccc3n3c2oc2ccccc23)cc1.c1ccc(-c2ccc3ccc4ccc(-c5ccc(-c6c7ccccc7n7c6oc6ccccc67)cc5)nc4c3n2)cc1.c1ccc(-c2ccc3ccc4ccc(-c5cccc(-c6c7ccccc7n7c6oc6ccccc67)c5)nc4c3n2)cc1. The summed E-state index contributed by atoms with van der Waals surface area (Å²) in [5.41, 5.74) is 29.8. The van der Waals surface area contributed by atoms with Crippen molar-refractivity contribution in [2.75, 3.05) is 0 Å². The summed E-state index contributed by atoms with van der Waals surface area (Å²) in [7, 11) is -3.02. The average Bonchev–Trinajstić information content (AvgIpc) is 1.57. The summed E-state index contributed by atoms with van der Waals surface area (Å²) in [6.45, 7) is 0. The lowest BCUT2D eigenvalue weighted by Crippen LogP contribution is -2.24. The zero-order chi connectivity index (χ0) is 79.4. The third-order valence-electron chi connectivity index (χ3n) is 23.3. The Kier molecular flexibility index (Phi) is 16.6. The molecule has 25 aromatic rings. The van der Waals surface area contributed by atoms with Gasteiger partial charge in [-0.05, 0) is 102 Å². The van der Waals surface area contributed by atoms with Gasteiger partial charge in [0.05, 0.1) is 94.6 Å². The predicted molar refractivity (Wildman–Crippen MR) is 493 cm³/mol. The van der Waals surface area contributed by atoms with Gasteiger partial charge in [0, 0.05) is 75.9 Å². The van der Waals surface area contributed by atoms with Gasteiger partial charge >= 0.3 is 0 Å². The van der Waals surface area contributed by atoms with Crippen LogP contribution in [0.4, 0.5) is 0 Å². The number of fused-ring (bicyclic) bond motifs is 21. The van der Waals surface area contributed by atoms with Crippen LogP contribution in [0.3, 0.4) is 0 Å². The number of rotatable bonds is 10. The first-order valence-electron chi connectivity index (χ1n) is 40.2. The van der Waals surface area contributed by atoms with E-state index in [-0.39, 0.29) is 0 Å². The van der Waals surface area contributed by atoms with Crippen LogP contribution in [0.2, 0.25) is 0 Å². The van der Waals surface area contributed by atoms with Gasteiger partial charge < -0.3 is 17.8 Å². The van der Waals surface area contributed by atoms with Crippen LogP contribution in [0.1, 0.15) is 0 Å². The summed E-state index contributed by atoms with van der Waals surface area (Å²) >= 11 is 0. The van der Waals surface area contributed by atoms with Gasteiger partial charge in [-0.25, -0.2) is 19.9 Å². The molecule has 0 amide bonds. The van der Waals surface area contributed by atoms with E-state index in [9.17, 15) is 4.57 Å². The highest BCUT2D eigenvalue weighted by molar-refractivity contribution is 7.85. The summed E-state index contributed by atoms with van der Waals surface area (Å²) < 4.78 is 40.6. The summed E-state index contributed by atoms with van der Waals surface area (Å²) in [5.74, 6) is 0. The molecule has 0 fully saturated rings. The molecule has 0 spiro atoms. The van der Waals surface area contributed by atoms with E-state index in [0.29, 0.717) is 0 Å². The monoisotopic (exact) mass is 1560 g/mol. The highest BCUT2D eigenvalue weighted by Crippen LogP contribution is 2.47. The van der Waals surface area contributed by atoms with Gasteiger partial charge in [-0.1, -0.05) is 328 Å². The molecule has 0 atom stereocenters. The van der Waals surface area contributed by atoms with Gasteiger partial charge in [-0.2, -0.15) is 0 Å². The van der Waals surface area contributed by atoms with Crippen LogP contribution in [-0.4, -0.2) is 33.1 Å². The van der Waals surface area contributed by atoms with Crippen LogP contribution in [0, 0.1) is 0 Å². The molecule has 15 aromatic carbocycles. The standard InChI is InChI=1S/2C38H23N3O.C32H22NO2P/c1-2-9-24(10-3-1)30-21-19-25-17-18-26-20-22-31(40-37(26)36(25)39-30)27-11-8-12-28(23-27)35-29-13-4-5-14-32(29)41-33-15-6-7-16-34(33)42-38(35)41;1-2-8-24(9-3-1)30-22-20-27-18-19-28-21-23-31(40-37(28)36(27)39-30)25-14-16-26(17-15-25)35-29-10-4-5-11-32(29)41-33-12-6-7-13-34(33)42-38(35)41;34-36(24-11-3-1-4-12-24,25-13-5-2-6-14-25)26-21-19-23(20-22-26)31-27-15-7-8-16-28(27)33-29-17-9-10-18-30(29)35-32(31)33/h2*1-23H;1-22H. The maximum atomic E-state index is 14.7. The minimum absolute atomic E-state index is 0.813. The molecule has 25 rings (SSSR count). The zero-order valence-corrected chi connectivity index (χ0v) is 65.4. The number of nitrogens with zero attached hydrogens (tertiary/aromatic N) is 7. The molecule has 0 radical (unpaired) electrons. The van der Waals surface area contributed by atoms with Crippen LogP contribution in [0.5, 0.6) is 0 Å². The van der Waals surface area contributed by atoms with Crippen molar-refractivity contribution in [2.45, 2.75) is 0 Å². The van der Waals surface area contributed by atoms with E-state index in [4.69, 9.17) is 33.2 Å². The minimum atomic E-state index is -3.02. The molecule has 0 aliphatic rings. The second-order valence-electron chi connectivity index (χ2n) is 30.2. The Bertz CT molecular complexity index is 8330. The normalized spacial score (nSPS) is 11.9. The van der Waals surface area contributed by atoms with E-state index in [1.165, 1.54) is 5.39 Å². The van der Waals surface area contributed by atoms with Gasteiger partial charge in [-0.15, -0.1) is 0 Å². The molecular weight excluding hydrogens is 1490 g/mol. The summed E-state index contributed by atoms with van der Waals surface area (Å²) in [6.07, 6.45) is 0. The summed E-state index contributed by atoms with van der Waals surface area (Å²) in [5, 5.41) is 10.2. The van der Waals surface area contributed by atoms with Crippen LogP contribution in [0.25, 0.3) is 205 Å². The number of hydrogen-bond acceptors (Lipinski definition) is 8. The Hall–Kier alpha value is -15.8. The number of oxazole rings is 3. The molecule has 0 N–H and O–H groups in total. The number of aromatic nitrogens is 7. The Morgan fingerprint density at radius 2 is 0.467 bits per heavy atom. The van der Waals surface area contributed by atoms with Gasteiger partial charge in [0.2, 0.25) is 17.1 Å². The molecule has 0 unspecified atom stereocenters. The zero-order valence-electron chi connectivity index (χ0n) is 64.5. The second kappa shape index (κ2) is 28.6. The summed E-state index contributed by atoms with van der Waals surface area (Å²) in [4.78, 5) is 20.5. The number of pyridine rings is 4. The van der Waals surface area contributed by atoms with Gasteiger partial charge in [-0.3, -0.25) is 13.2 Å². The smallest absolute Gasteiger partial charge is 0.213 e. The minimum Gasteiger partial charge on any atom is -0.438 e. The van der Waals surface area contributed by atoms with Crippen molar-refractivity contribution in [2.24, 2.45) is 0 Å². The van der Waals surface area contributed by atoms with Crippen molar-refractivity contribution in [1.82, 2.24) is 33.1 Å². The Balaban J connectivity index is 0.000000105. The number of para-hydroxylation sites is 9. The van der Waals surface area contributed by atoms with Crippen LogP contribution < -0.4 is 15.9 Å². The number of hydrogen-bond donors (Lipinski definition) is 0. The largest absolute Gasteiger partial charge is 0.438 e. The van der Waals surface area contributed by atoms with Crippen molar-refractivity contribution in [3.63, 3.8) is 0 Å². The van der Waals surface area contributed by atoms with E-state index >= 15 is 0 Å². The van der Waals surface area contributed by atoms with Gasteiger partial charge in [0.15, 0.2) is 23.9 Å².